The molecule has 1 saturated heterocycles. The highest BCUT2D eigenvalue weighted by Gasteiger charge is 2.27. The van der Waals surface area contributed by atoms with Crippen molar-refractivity contribution >= 4 is 5.91 Å². The average Bonchev–Trinajstić information content (AvgIpc) is 2.70. The second kappa shape index (κ2) is 8.61. The average molecular weight is 349 g/mol. The number of rotatable bonds is 5. The van der Waals surface area contributed by atoms with Crippen LogP contribution in [0, 0.1) is 11.3 Å². The molecule has 0 aliphatic carbocycles. The van der Waals surface area contributed by atoms with Crippen LogP contribution in [0.2, 0.25) is 0 Å². The molecule has 1 aliphatic rings. The predicted octanol–water partition coefficient (Wildman–Crippen LogP) is 2.52. The lowest BCUT2D eigenvalue weighted by atomic mass is 10.0. The van der Waals surface area contributed by atoms with Crippen LogP contribution in [0.4, 0.5) is 0 Å². The summed E-state index contributed by atoms with van der Waals surface area (Å²) in [6.07, 6.45) is -0.692. The first kappa shape index (κ1) is 18.1. The highest BCUT2D eigenvalue weighted by molar-refractivity contribution is 5.77. The van der Waals surface area contributed by atoms with Crippen LogP contribution in [0.3, 0.4) is 0 Å². The molecule has 1 N–H and O–H groups in total. The van der Waals surface area contributed by atoms with E-state index in [1.807, 2.05) is 60.7 Å². The lowest BCUT2D eigenvalue weighted by molar-refractivity contribution is -0.135. The minimum Gasteiger partial charge on any atom is -0.388 e. The Morgan fingerprint density at radius 1 is 0.962 bits per heavy atom. The van der Waals surface area contributed by atoms with Crippen LogP contribution < -0.4 is 0 Å². The van der Waals surface area contributed by atoms with Crippen LogP contribution in [0.5, 0.6) is 0 Å². The van der Waals surface area contributed by atoms with Gasteiger partial charge in [0.15, 0.2) is 0 Å². The van der Waals surface area contributed by atoms with Crippen molar-refractivity contribution in [2.75, 3.05) is 26.2 Å². The molecule has 0 saturated carbocycles. The van der Waals surface area contributed by atoms with E-state index in [9.17, 15) is 15.2 Å². The third-order valence-corrected chi connectivity index (χ3v) is 4.82. The van der Waals surface area contributed by atoms with E-state index in [-0.39, 0.29) is 18.4 Å². The van der Waals surface area contributed by atoms with Crippen molar-refractivity contribution in [3.05, 3.63) is 71.8 Å². The molecular formula is C21H23N3O2. The molecule has 5 heteroatoms. The van der Waals surface area contributed by atoms with Gasteiger partial charge in [0.05, 0.1) is 18.6 Å². The van der Waals surface area contributed by atoms with Crippen LogP contribution in [-0.4, -0.2) is 47.0 Å². The van der Waals surface area contributed by atoms with E-state index < -0.39 is 6.10 Å². The molecule has 2 aromatic rings. The van der Waals surface area contributed by atoms with Gasteiger partial charge in [0, 0.05) is 26.2 Å². The molecule has 3 rings (SSSR count). The van der Waals surface area contributed by atoms with Crippen LogP contribution >= 0.6 is 0 Å². The summed E-state index contributed by atoms with van der Waals surface area (Å²) in [6, 6.07) is 21.1. The normalized spacial score (nSPS) is 17.3. The fourth-order valence-corrected chi connectivity index (χ4v) is 3.32. The minimum absolute atomic E-state index is 0.0470. The van der Waals surface area contributed by atoms with Crippen LogP contribution in [0.15, 0.2) is 60.7 Å². The number of amides is 1. The van der Waals surface area contributed by atoms with Gasteiger partial charge in [0.25, 0.3) is 0 Å². The summed E-state index contributed by atoms with van der Waals surface area (Å²) in [5.41, 5.74) is 1.74. The molecule has 1 amide bonds. The first-order valence-corrected chi connectivity index (χ1v) is 8.88. The Kier molecular flexibility index (Phi) is 6.00. The fourth-order valence-electron chi connectivity index (χ4n) is 3.32. The molecule has 26 heavy (non-hydrogen) atoms. The Hall–Kier alpha value is -2.68. The maximum absolute atomic E-state index is 12.5. The van der Waals surface area contributed by atoms with Crippen molar-refractivity contribution < 1.29 is 9.90 Å². The van der Waals surface area contributed by atoms with E-state index in [4.69, 9.17) is 0 Å². The van der Waals surface area contributed by atoms with Crippen LogP contribution in [0.25, 0.3) is 0 Å². The largest absolute Gasteiger partial charge is 0.388 e. The molecule has 5 nitrogen and oxygen atoms in total. The number of aliphatic hydroxyl groups excluding tert-OH is 1. The van der Waals surface area contributed by atoms with E-state index in [1.54, 1.807) is 4.90 Å². The SMILES string of the molecule is N#CC(c1ccccc1)N1CCN(C(=O)CC(O)c2ccccc2)CC1. The smallest absolute Gasteiger partial charge is 0.225 e. The lowest BCUT2D eigenvalue weighted by Gasteiger charge is -2.37. The molecule has 1 heterocycles. The van der Waals surface area contributed by atoms with Crippen molar-refractivity contribution in [3.8, 4) is 6.07 Å². The van der Waals surface area contributed by atoms with Crippen molar-refractivity contribution in [2.45, 2.75) is 18.6 Å². The topological polar surface area (TPSA) is 67.6 Å². The Labute approximate surface area is 154 Å². The molecule has 0 radical (unpaired) electrons. The van der Waals surface area contributed by atoms with E-state index in [0.717, 1.165) is 11.1 Å². The quantitative estimate of drug-likeness (QED) is 0.901. The van der Waals surface area contributed by atoms with Gasteiger partial charge in [-0.2, -0.15) is 5.26 Å². The van der Waals surface area contributed by atoms with Gasteiger partial charge < -0.3 is 10.0 Å². The standard InChI is InChI=1S/C21H23N3O2/c22-16-19(17-7-3-1-4-8-17)23-11-13-24(14-12-23)21(26)15-20(25)18-9-5-2-6-10-18/h1-10,19-20,25H,11-15H2. The summed E-state index contributed by atoms with van der Waals surface area (Å²) >= 11 is 0. The number of nitriles is 1. The molecule has 0 bridgehead atoms. The monoisotopic (exact) mass is 349 g/mol. The number of hydrogen-bond acceptors (Lipinski definition) is 4. The van der Waals surface area contributed by atoms with Crippen LogP contribution in [-0.2, 0) is 4.79 Å². The minimum atomic E-state index is -0.780. The number of aliphatic hydroxyl groups is 1. The summed E-state index contributed by atoms with van der Waals surface area (Å²) in [4.78, 5) is 16.4. The molecule has 2 unspecified atom stereocenters. The molecule has 0 aromatic heterocycles. The molecule has 0 spiro atoms. The summed E-state index contributed by atoms with van der Waals surface area (Å²) in [6.45, 7) is 2.46. The van der Waals surface area contributed by atoms with E-state index in [2.05, 4.69) is 11.0 Å². The molecule has 134 valence electrons. The van der Waals surface area contributed by atoms with Gasteiger partial charge in [-0.05, 0) is 11.1 Å². The molecule has 1 aliphatic heterocycles. The highest BCUT2D eigenvalue weighted by Crippen LogP contribution is 2.22. The summed E-state index contributed by atoms with van der Waals surface area (Å²) in [5.74, 6) is -0.0470. The maximum Gasteiger partial charge on any atom is 0.225 e. The van der Waals surface area contributed by atoms with Gasteiger partial charge >= 0.3 is 0 Å². The zero-order valence-corrected chi connectivity index (χ0v) is 14.7. The van der Waals surface area contributed by atoms with E-state index >= 15 is 0 Å². The molecule has 2 atom stereocenters. The Morgan fingerprint density at radius 2 is 1.50 bits per heavy atom. The Morgan fingerprint density at radius 3 is 2.04 bits per heavy atom. The first-order valence-electron chi connectivity index (χ1n) is 8.88. The summed E-state index contributed by atoms with van der Waals surface area (Å²) in [5, 5.41) is 19.8. The van der Waals surface area contributed by atoms with Crippen molar-refractivity contribution in [1.29, 1.82) is 5.26 Å². The summed E-state index contributed by atoms with van der Waals surface area (Å²) < 4.78 is 0. The van der Waals surface area contributed by atoms with Gasteiger partial charge in [0.2, 0.25) is 5.91 Å². The van der Waals surface area contributed by atoms with Gasteiger partial charge in [-0.3, -0.25) is 9.69 Å². The number of hydrogen-bond donors (Lipinski definition) is 1. The maximum atomic E-state index is 12.5. The second-order valence-corrected chi connectivity index (χ2v) is 6.49. The van der Waals surface area contributed by atoms with Crippen molar-refractivity contribution in [1.82, 2.24) is 9.80 Å². The zero-order chi connectivity index (χ0) is 18.4. The number of benzene rings is 2. The predicted molar refractivity (Wildman–Crippen MR) is 99.0 cm³/mol. The number of piperazine rings is 1. The second-order valence-electron chi connectivity index (χ2n) is 6.49. The van der Waals surface area contributed by atoms with E-state index in [0.29, 0.717) is 26.2 Å². The first-order chi connectivity index (χ1) is 12.7. The molecule has 2 aromatic carbocycles. The van der Waals surface area contributed by atoms with Crippen molar-refractivity contribution in [2.24, 2.45) is 0 Å². The zero-order valence-electron chi connectivity index (χ0n) is 14.7. The van der Waals surface area contributed by atoms with Gasteiger partial charge in [0.1, 0.15) is 6.04 Å². The third kappa shape index (κ3) is 4.29. The lowest BCUT2D eigenvalue weighted by Crippen LogP contribution is -2.49. The Balaban J connectivity index is 1.55. The number of carbonyl (C=O) groups excluding carboxylic acids is 1. The third-order valence-electron chi connectivity index (χ3n) is 4.82. The number of carbonyl (C=O) groups is 1. The van der Waals surface area contributed by atoms with Crippen molar-refractivity contribution in [3.63, 3.8) is 0 Å². The molecule has 1 fully saturated rings. The summed E-state index contributed by atoms with van der Waals surface area (Å²) in [7, 11) is 0. The highest BCUT2D eigenvalue weighted by atomic mass is 16.3. The van der Waals surface area contributed by atoms with E-state index in [1.165, 1.54) is 0 Å². The van der Waals surface area contributed by atoms with Crippen LogP contribution in [0.1, 0.15) is 29.7 Å². The van der Waals surface area contributed by atoms with Gasteiger partial charge in [-0.25, -0.2) is 0 Å². The fraction of sp³-hybridized carbons (Fsp3) is 0.333. The number of nitrogens with zero attached hydrogens (tertiary/aromatic N) is 3. The molecular weight excluding hydrogens is 326 g/mol. The van der Waals surface area contributed by atoms with Gasteiger partial charge in [-0.15, -0.1) is 0 Å². The Bertz CT molecular complexity index is 750. The van der Waals surface area contributed by atoms with Gasteiger partial charge in [-0.1, -0.05) is 60.7 Å².